The van der Waals surface area contributed by atoms with Crippen molar-refractivity contribution in [2.75, 3.05) is 7.11 Å². The van der Waals surface area contributed by atoms with Crippen molar-refractivity contribution in [3.05, 3.63) is 23.6 Å². The average molecular weight is 167 g/mol. The predicted molar refractivity (Wildman–Crippen MR) is 42.3 cm³/mol. The van der Waals surface area contributed by atoms with Crippen LogP contribution in [-0.2, 0) is 9.53 Å². The summed E-state index contributed by atoms with van der Waals surface area (Å²) in [6.45, 7) is 1.80. The van der Waals surface area contributed by atoms with Crippen molar-refractivity contribution in [1.82, 2.24) is 5.16 Å². The smallest absolute Gasteiger partial charge is 0.330 e. The van der Waals surface area contributed by atoms with E-state index in [1.165, 1.54) is 19.3 Å². The van der Waals surface area contributed by atoms with Crippen LogP contribution in [0.15, 0.2) is 16.7 Å². The Morgan fingerprint density at radius 2 is 2.50 bits per heavy atom. The van der Waals surface area contributed by atoms with Crippen LogP contribution in [0.1, 0.15) is 11.5 Å². The van der Waals surface area contributed by atoms with Gasteiger partial charge in [-0.3, -0.25) is 0 Å². The minimum atomic E-state index is -0.413. The summed E-state index contributed by atoms with van der Waals surface area (Å²) in [6.07, 6.45) is 2.78. The lowest BCUT2D eigenvalue weighted by molar-refractivity contribution is -0.134. The van der Waals surface area contributed by atoms with E-state index < -0.39 is 5.97 Å². The highest BCUT2D eigenvalue weighted by molar-refractivity contribution is 5.86. The van der Waals surface area contributed by atoms with E-state index in [2.05, 4.69) is 9.89 Å². The fourth-order valence-electron chi connectivity index (χ4n) is 0.680. The summed E-state index contributed by atoms with van der Waals surface area (Å²) >= 11 is 0. The second kappa shape index (κ2) is 3.71. The first-order valence-corrected chi connectivity index (χ1v) is 3.41. The summed E-state index contributed by atoms with van der Waals surface area (Å²) in [7, 11) is 1.32. The Morgan fingerprint density at radius 1 is 1.75 bits per heavy atom. The maximum atomic E-state index is 10.6. The van der Waals surface area contributed by atoms with E-state index in [-0.39, 0.29) is 0 Å². The molecule has 0 radical (unpaired) electrons. The molecule has 0 amide bonds. The Morgan fingerprint density at radius 3 is 3.00 bits per heavy atom. The number of hydrogen-bond acceptors (Lipinski definition) is 4. The third kappa shape index (κ3) is 2.23. The summed E-state index contributed by atoms with van der Waals surface area (Å²) in [5, 5.41) is 3.64. The zero-order valence-electron chi connectivity index (χ0n) is 6.90. The quantitative estimate of drug-likeness (QED) is 0.490. The number of rotatable bonds is 2. The van der Waals surface area contributed by atoms with Gasteiger partial charge in [-0.05, 0) is 13.0 Å². The molecule has 0 aromatic carbocycles. The van der Waals surface area contributed by atoms with Gasteiger partial charge in [-0.2, -0.15) is 0 Å². The normalized spacial score (nSPS) is 10.5. The fourth-order valence-corrected chi connectivity index (χ4v) is 0.680. The van der Waals surface area contributed by atoms with Gasteiger partial charge in [-0.15, -0.1) is 0 Å². The predicted octanol–water partition coefficient (Wildman–Crippen LogP) is 1.17. The van der Waals surface area contributed by atoms with E-state index >= 15 is 0 Å². The molecule has 0 unspecified atom stereocenters. The summed E-state index contributed by atoms with van der Waals surface area (Å²) in [5.41, 5.74) is 0.777. The van der Waals surface area contributed by atoms with Crippen molar-refractivity contribution in [2.45, 2.75) is 6.92 Å². The van der Waals surface area contributed by atoms with Crippen LogP contribution >= 0.6 is 0 Å². The van der Waals surface area contributed by atoms with Gasteiger partial charge in [0.15, 0.2) is 5.76 Å². The molecule has 1 rings (SSSR count). The van der Waals surface area contributed by atoms with Crippen LogP contribution in [-0.4, -0.2) is 18.2 Å². The second-order valence-electron chi connectivity index (χ2n) is 2.23. The van der Waals surface area contributed by atoms with Crippen molar-refractivity contribution in [2.24, 2.45) is 0 Å². The van der Waals surface area contributed by atoms with Crippen LogP contribution in [0, 0.1) is 6.92 Å². The van der Waals surface area contributed by atoms with Crippen molar-refractivity contribution in [3.8, 4) is 0 Å². The SMILES string of the molecule is COC(=O)/C=C/c1cc(C)no1. The first kappa shape index (κ1) is 8.52. The number of aryl methyl sites for hydroxylation is 1. The lowest BCUT2D eigenvalue weighted by atomic mass is 10.3. The van der Waals surface area contributed by atoms with Gasteiger partial charge in [0, 0.05) is 12.1 Å². The minimum Gasteiger partial charge on any atom is -0.466 e. The molecule has 0 aliphatic heterocycles. The highest BCUT2D eigenvalue weighted by atomic mass is 16.5. The first-order valence-electron chi connectivity index (χ1n) is 3.41. The van der Waals surface area contributed by atoms with Gasteiger partial charge in [0.2, 0.25) is 0 Å². The van der Waals surface area contributed by atoms with Crippen LogP contribution in [0.25, 0.3) is 6.08 Å². The summed E-state index contributed by atoms with van der Waals surface area (Å²) in [6, 6.07) is 1.72. The minimum absolute atomic E-state index is 0.413. The number of carbonyl (C=O) groups is 1. The molecule has 0 aliphatic carbocycles. The van der Waals surface area contributed by atoms with Crippen LogP contribution in [0.4, 0.5) is 0 Å². The molecule has 0 fully saturated rings. The number of hydrogen-bond donors (Lipinski definition) is 0. The first-order chi connectivity index (χ1) is 5.72. The van der Waals surface area contributed by atoms with Crippen LogP contribution in [0.3, 0.4) is 0 Å². The monoisotopic (exact) mass is 167 g/mol. The molecule has 0 aliphatic rings. The standard InChI is InChI=1S/C8H9NO3/c1-6-5-7(12-9-6)3-4-8(10)11-2/h3-5H,1-2H3/b4-3+. The summed E-state index contributed by atoms with van der Waals surface area (Å²) < 4.78 is 9.21. The molecule has 4 heteroatoms. The third-order valence-electron chi connectivity index (χ3n) is 1.23. The molecule has 1 heterocycles. The summed E-state index contributed by atoms with van der Waals surface area (Å²) in [5.74, 6) is 0.127. The number of aromatic nitrogens is 1. The second-order valence-corrected chi connectivity index (χ2v) is 2.23. The highest BCUT2D eigenvalue weighted by Gasteiger charge is 1.96. The molecule has 12 heavy (non-hydrogen) atoms. The van der Waals surface area contributed by atoms with Crippen molar-refractivity contribution in [1.29, 1.82) is 0 Å². The van der Waals surface area contributed by atoms with Crippen molar-refractivity contribution < 1.29 is 14.1 Å². The molecule has 4 nitrogen and oxygen atoms in total. The number of ether oxygens (including phenoxy) is 1. The van der Waals surface area contributed by atoms with E-state index in [9.17, 15) is 4.79 Å². The molecule has 0 saturated carbocycles. The molecular weight excluding hydrogens is 158 g/mol. The Kier molecular flexibility index (Phi) is 2.63. The number of esters is 1. The fraction of sp³-hybridized carbons (Fsp3) is 0.250. The Bertz CT molecular complexity index is 301. The van der Waals surface area contributed by atoms with Gasteiger partial charge >= 0.3 is 5.97 Å². The molecule has 0 N–H and O–H groups in total. The molecular formula is C8H9NO3. The zero-order valence-corrected chi connectivity index (χ0v) is 6.90. The molecule has 0 spiro atoms. The number of methoxy groups -OCH3 is 1. The van der Waals surface area contributed by atoms with Crippen molar-refractivity contribution in [3.63, 3.8) is 0 Å². The Labute approximate surface area is 69.8 Å². The maximum Gasteiger partial charge on any atom is 0.330 e. The average Bonchev–Trinajstić information content (AvgIpc) is 2.47. The van der Waals surface area contributed by atoms with Gasteiger partial charge in [0.1, 0.15) is 0 Å². The van der Waals surface area contributed by atoms with Crippen LogP contribution < -0.4 is 0 Å². The molecule has 1 aromatic rings. The van der Waals surface area contributed by atoms with E-state index in [1.807, 2.05) is 0 Å². The zero-order chi connectivity index (χ0) is 8.97. The van der Waals surface area contributed by atoms with Gasteiger partial charge in [0.25, 0.3) is 0 Å². The van der Waals surface area contributed by atoms with Gasteiger partial charge in [-0.1, -0.05) is 5.16 Å². The molecule has 64 valence electrons. The molecule has 1 aromatic heterocycles. The number of carbonyl (C=O) groups excluding carboxylic acids is 1. The van der Waals surface area contributed by atoms with Crippen molar-refractivity contribution >= 4 is 12.0 Å². The molecule has 0 bridgehead atoms. The highest BCUT2D eigenvalue weighted by Crippen LogP contribution is 2.03. The largest absolute Gasteiger partial charge is 0.466 e. The van der Waals surface area contributed by atoms with E-state index in [1.54, 1.807) is 13.0 Å². The number of nitrogens with zero attached hydrogens (tertiary/aromatic N) is 1. The Hall–Kier alpha value is -1.58. The van der Waals surface area contributed by atoms with Crippen LogP contribution in [0.2, 0.25) is 0 Å². The lowest BCUT2D eigenvalue weighted by Gasteiger charge is -1.86. The molecule has 0 atom stereocenters. The van der Waals surface area contributed by atoms with Gasteiger partial charge < -0.3 is 9.26 Å². The summed E-state index contributed by atoms with van der Waals surface area (Å²) in [4.78, 5) is 10.6. The topological polar surface area (TPSA) is 52.3 Å². The maximum absolute atomic E-state index is 10.6. The molecule has 0 saturated heterocycles. The third-order valence-corrected chi connectivity index (χ3v) is 1.23. The lowest BCUT2D eigenvalue weighted by Crippen LogP contribution is -1.92. The van der Waals surface area contributed by atoms with E-state index in [4.69, 9.17) is 4.52 Å². The van der Waals surface area contributed by atoms with Gasteiger partial charge in [-0.25, -0.2) is 4.79 Å². The van der Waals surface area contributed by atoms with Crippen LogP contribution in [0.5, 0.6) is 0 Å². The van der Waals surface area contributed by atoms with E-state index in [0.717, 1.165) is 5.69 Å². The van der Waals surface area contributed by atoms with E-state index in [0.29, 0.717) is 5.76 Å². The Balaban J connectivity index is 2.63. The van der Waals surface area contributed by atoms with Gasteiger partial charge in [0.05, 0.1) is 12.8 Å².